The van der Waals surface area contributed by atoms with Gasteiger partial charge in [0.15, 0.2) is 0 Å². The molecule has 0 aliphatic heterocycles. The topological polar surface area (TPSA) is 62.7 Å². The molecule has 0 saturated carbocycles. The standard InChI is InChI=1S/C15H18N4OS/c1-9-10(2)21-15-13(9)14(20)17-12(18-15)8-19-5-4-11(7-19)6-16-3/h4-5,7,16H,6,8H2,1-3H3,(H,17,18,20). The Morgan fingerprint density at radius 1 is 1.43 bits per heavy atom. The normalized spacial score (nSPS) is 11.4. The number of aryl methyl sites for hydroxylation is 2. The summed E-state index contributed by atoms with van der Waals surface area (Å²) in [5, 5.41) is 3.84. The highest BCUT2D eigenvalue weighted by Gasteiger charge is 2.11. The Morgan fingerprint density at radius 2 is 2.24 bits per heavy atom. The summed E-state index contributed by atoms with van der Waals surface area (Å²) in [5.41, 5.74) is 2.20. The molecule has 5 nitrogen and oxygen atoms in total. The van der Waals surface area contributed by atoms with E-state index in [2.05, 4.69) is 27.5 Å². The zero-order valence-electron chi connectivity index (χ0n) is 12.4. The molecule has 0 bridgehead atoms. The summed E-state index contributed by atoms with van der Waals surface area (Å²) in [4.78, 5) is 21.7. The zero-order valence-corrected chi connectivity index (χ0v) is 13.2. The van der Waals surface area contributed by atoms with Crippen molar-refractivity contribution in [2.24, 2.45) is 0 Å². The van der Waals surface area contributed by atoms with Crippen LogP contribution in [0.3, 0.4) is 0 Å². The SMILES string of the molecule is CNCc1ccn(Cc2nc3sc(C)c(C)c3c(=O)[nH]2)c1. The van der Waals surface area contributed by atoms with Crippen molar-refractivity contribution in [3.63, 3.8) is 0 Å². The first kappa shape index (κ1) is 14.0. The molecule has 6 heteroatoms. The van der Waals surface area contributed by atoms with Crippen LogP contribution in [0.25, 0.3) is 10.2 Å². The average Bonchev–Trinajstić information content (AvgIpc) is 2.96. The summed E-state index contributed by atoms with van der Waals surface area (Å²) in [5.74, 6) is 0.695. The predicted octanol–water partition coefficient (Wildman–Crippen LogP) is 2.17. The van der Waals surface area contributed by atoms with Gasteiger partial charge in [0.1, 0.15) is 10.7 Å². The minimum absolute atomic E-state index is 0.0422. The van der Waals surface area contributed by atoms with Crippen LogP contribution in [0.15, 0.2) is 23.3 Å². The van der Waals surface area contributed by atoms with E-state index in [0.717, 1.165) is 27.2 Å². The lowest BCUT2D eigenvalue weighted by Crippen LogP contribution is -2.13. The second-order valence-corrected chi connectivity index (χ2v) is 6.40. The van der Waals surface area contributed by atoms with Crippen molar-refractivity contribution < 1.29 is 0 Å². The van der Waals surface area contributed by atoms with Crippen LogP contribution in [0.2, 0.25) is 0 Å². The van der Waals surface area contributed by atoms with E-state index in [4.69, 9.17) is 0 Å². The number of nitrogens with one attached hydrogen (secondary N) is 2. The third kappa shape index (κ3) is 2.64. The number of aromatic amines is 1. The fourth-order valence-corrected chi connectivity index (χ4v) is 3.49. The molecule has 3 rings (SSSR count). The van der Waals surface area contributed by atoms with Crippen LogP contribution in [0.5, 0.6) is 0 Å². The van der Waals surface area contributed by atoms with Crippen LogP contribution < -0.4 is 10.9 Å². The number of thiophene rings is 1. The Labute approximate surface area is 126 Å². The minimum Gasteiger partial charge on any atom is -0.346 e. The van der Waals surface area contributed by atoms with Gasteiger partial charge in [-0.15, -0.1) is 11.3 Å². The van der Waals surface area contributed by atoms with Crippen molar-refractivity contribution in [2.75, 3.05) is 7.05 Å². The molecule has 0 amide bonds. The highest BCUT2D eigenvalue weighted by molar-refractivity contribution is 7.18. The molecule has 2 N–H and O–H groups in total. The third-order valence-corrected chi connectivity index (χ3v) is 4.71. The summed E-state index contributed by atoms with van der Waals surface area (Å²) in [6.07, 6.45) is 4.06. The average molecular weight is 302 g/mol. The van der Waals surface area contributed by atoms with Crippen molar-refractivity contribution in [2.45, 2.75) is 26.9 Å². The Hall–Kier alpha value is -1.92. The lowest BCUT2D eigenvalue weighted by molar-refractivity contribution is 0.742. The fraction of sp³-hybridized carbons (Fsp3) is 0.333. The lowest BCUT2D eigenvalue weighted by Gasteiger charge is -2.03. The minimum atomic E-state index is -0.0422. The number of aromatic nitrogens is 3. The first-order chi connectivity index (χ1) is 10.1. The van der Waals surface area contributed by atoms with E-state index in [1.807, 2.05) is 31.7 Å². The highest BCUT2D eigenvalue weighted by Crippen LogP contribution is 2.25. The summed E-state index contributed by atoms with van der Waals surface area (Å²) >= 11 is 1.58. The van der Waals surface area contributed by atoms with Crippen LogP contribution in [0.4, 0.5) is 0 Å². The molecule has 0 atom stereocenters. The molecule has 3 aromatic heterocycles. The van der Waals surface area contributed by atoms with E-state index < -0.39 is 0 Å². The van der Waals surface area contributed by atoms with Crippen molar-refractivity contribution in [3.05, 3.63) is 50.6 Å². The maximum Gasteiger partial charge on any atom is 0.259 e. The van der Waals surface area contributed by atoms with Gasteiger partial charge in [0.05, 0.1) is 11.9 Å². The van der Waals surface area contributed by atoms with Crippen molar-refractivity contribution in [1.82, 2.24) is 19.9 Å². The smallest absolute Gasteiger partial charge is 0.259 e. The lowest BCUT2D eigenvalue weighted by atomic mass is 10.2. The Kier molecular flexibility index (Phi) is 3.65. The number of fused-ring (bicyclic) bond motifs is 1. The van der Waals surface area contributed by atoms with Crippen LogP contribution in [0.1, 0.15) is 21.8 Å². The Morgan fingerprint density at radius 3 is 3.00 bits per heavy atom. The van der Waals surface area contributed by atoms with Crippen molar-refractivity contribution in [3.8, 4) is 0 Å². The molecular formula is C15H18N4OS. The van der Waals surface area contributed by atoms with E-state index >= 15 is 0 Å². The maximum atomic E-state index is 12.2. The van der Waals surface area contributed by atoms with Gasteiger partial charge in [-0.3, -0.25) is 4.79 Å². The second-order valence-electron chi connectivity index (χ2n) is 5.20. The van der Waals surface area contributed by atoms with Gasteiger partial charge >= 0.3 is 0 Å². The number of H-pyrrole nitrogens is 1. The molecule has 3 heterocycles. The first-order valence-electron chi connectivity index (χ1n) is 6.86. The van der Waals surface area contributed by atoms with E-state index in [9.17, 15) is 4.79 Å². The molecule has 0 fully saturated rings. The molecule has 3 aromatic rings. The van der Waals surface area contributed by atoms with Gasteiger partial charge in [-0.2, -0.15) is 0 Å². The largest absolute Gasteiger partial charge is 0.346 e. The second kappa shape index (κ2) is 5.46. The summed E-state index contributed by atoms with van der Waals surface area (Å²) < 4.78 is 2.03. The number of rotatable bonds is 4. The molecule has 0 aliphatic rings. The Balaban J connectivity index is 1.95. The monoisotopic (exact) mass is 302 g/mol. The third-order valence-electron chi connectivity index (χ3n) is 3.61. The van der Waals surface area contributed by atoms with Gasteiger partial charge in [0.2, 0.25) is 0 Å². The van der Waals surface area contributed by atoms with Gasteiger partial charge < -0.3 is 14.9 Å². The summed E-state index contributed by atoms with van der Waals surface area (Å²) in [6.45, 7) is 5.40. The van der Waals surface area contributed by atoms with E-state index in [1.54, 1.807) is 11.3 Å². The molecule has 0 saturated heterocycles. The van der Waals surface area contributed by atoms with Gasteiger partial charge in [-0.1, -0.05) is 0 Å². The predicted molar refractivity (Wildman–Crippen MR) is 86.0 cm³/mol. The first-order valence-corrected chi connectivity index (χ1v) is 7.68. The van der Waals surface area contributed by atoms with Crippen molar-refractivity contribution >= 4 is 21.6 Å². The highest BCUT2D eigenvalue weighted by atomic mass is 32.1. The van der Waals surface area contributed by atoms with Crippen LogP contribution in [0, 0.1) is 13.8 Å². The van der Waals surface area contributed by atoms with Gasteiger partial charge in [0, 0.05) is 23.8 Å². The van der Waals surface area contributed by atoms with Gasteiger partial charge in [-0.25, -0.2) is 4.98 Å². The van der Waals surface area contributed by atoms with Crippen molar-refractivity contribution in [1.29, 1.82) is 0 Å². The molecule has 0 aromatic carbocycles. The number of nitrogens with zero attached hydrogens (tertiary/aromatic N) is 2. The maximum absolute atomic E-state index is 12.2. The fourth-order valence-electron chi connectivity index (χ4n) is 2.44. The molecule has 0 aliphatic carbocycles. The molecular weight excluding hydrogens is 284 g/mol. The van der Waals surface area contributed by atoms with Gasteiger partial charge in [-0.05, 0) is 38.1 Å². The number of hydrogen-bond acceptors (Lipinski definition) is 4. The van der Waals surface area contributed by atoms with E-state index in [0.29, 0.717) is 12.4 Å². The van der Waals surface area contributed by atoms with E-state index in [-0.39, 0.29) is 5.56 Å². The van der Waals surface area contributed by atoms with Gasteiger partial charge in [0.25, 0.3) is 5.56 Å². The molecule has 21 heavy (non-hydrogen) atoms. The van der Waals surface area contributed by atoms with Crippen LogP contribution in [-0.4, -0.2) is 21.6 Å². The summed E-state index contributed by atoms with van der Waals surface area (Å²) in [7, 11) is 1.92. The summed E-state index contributed by atoms with van der Waals surface area (Å²) in [6, 6.07) is 2.06. The molecule has 110 valence electrons. The quantitative estimate of drug-likeness (QED) is 0.776. The zero-order chi connectivity index (χ0) is 15.0. The molecule has 0 unspecified atom stereocenters. The van der Waals surface area contributed by atoms with Crippen LogP contribution in [-0.2, 0) is 13.1 Å². The van der Waals surface area contributed by atoms with E-state index in [1.165, 1.54) is 5.56 Å². The van der Waals surface area contributed by atoms with Crippen LogP contribution >= 0.6 is 11.3 Å². The Bertz CT molecular complexity index is 843. The number of hydrogen-bond donors (Lipinski definition) is 2. The molecule has 0 radical (unpaired) electrons. The molecule has 0 spiro atoms.